The van der Waals surface area contributed by atoms with Gasteiger partial charge in [0.1, 0.15) is 0 Å². The van der Waals surface area contributed by atoms with Crippen molar-refractivity contribution in [1.82, 2.24) is 10.6 Å². The van der Waals surface area contributed by atoms with Gasteiger partial charge in [-0.3, -0.25) is 9.79 Å². The Hall–Kier alpha value is -3.65. The lowest BCUT2D eigenvalue weighted by atomic mass is 9.97. The summed E-state index contributed by atoms with van der Waals surface area (Å²) < 4.78 is 28.4. The number of aliphatic imine (C=N–C) groups is 2. The molecule has 0 bridgehead atoms. The quantitative estimate of drug-likeness (QED) is 0.256. The van der Waals surface area contributed by atoms with E-state index in [9.17, 15) is 13.6 Å². The molecule has 39 heavy (non-hydrogen) atoms. The second-order valence-electron chi connectivity index (χ2n) is 9.80. The van der Waals surface area contributed by atoms with E-state index in [0.717, 1.165) is 37.2 Å². The second-order valence-corrected chi connectivity index (χ2v) is 9.80. The molecule has 2 aromatic carbocycles. The number of anilines is 1. The smallest absolute Gasteiger partial charge is 0.251 e. The molecule has 8 heteroatoms. The normalized spacial score (nSPS) is 15.6. The summed E-state index contributed by atoms with van der Waals surface area (Å²) in [6.45, 7) is 11.6. The molecule has 3 N–H and O–H groups in total. The Morgan fingerprint density at radius 3 is 2.49 bits per heavy atom. The van der Waals surface area contributed by atoms with Gasteiger partial charge in [-0.15, -0.1) is 0 Å². The summed E-state index contributed by atoms with van der Waals surface area (Å²) in [5.41, 5.74) is 3.83. The summed E-state index contributed by atoms with van der Waals surface area (Å²) >= 11 is 0. The van der Waals surface area contributed by atoms with E-state index >= 15 is 0 Å². The highest BCUT2D eigenvalue weighted by atomic mass is 19.2. The van der Waals surface area contributed by atoms with Gasteiger partial charge in [-0.25, -0.2) is 13.8 Å². The van der Waals surface area contributed by atoms with Crippen LogP contribution in [0.1, 0.15) is 67.6 Å². The maximum Gasteiger partial charge on any atom is 0.251 e. The highest BCUT2D eigenvalue weighted by Gasteiger charge is 2.17. The second kappa shape index (κ2) is 14.5. The molecule has 0 aromatic heterocycles. The average Bonchev–Trinajstić information content (AvgIpc) is 2.95. The first-order valence-corrected chi connectivity index (χ1v) is 13.5. The summed E-state index contributed by atoms with van der Waals surface area (Å²) in [6, 6.07) is 8.72. The van der Waals surface area contributed by atoms with Crippen molar-refractivity contribution in [3.8, 4) is 0 Å². The molecule has 1 fully saturated rings. The lowest BCUT2D eigenvalue weighted by Crippen LogP contribution is -2.36. The van der Waals surface area contributed by atoms with Crippen LogP contribution in [0.2, 0.25) is 0 Å². The van der Waals surface area contributed by atoms with Gasteiger partial charge in [-0.05, 0) is 101 Å². The van der Waals surface area contributed by atoms with Gasteiger partial charge in [0.25, 0.3) is 5.91 Å². The number of carbonyl (C=O) groups excluding carboxylic acids is 1. The highest BCUT2D eigenvalue weighted by Crippen LogP contribution is 2.23. The molecule has 208 valence electrons. The number of carbonyl (C=O) groups is 1. The Balaban J connectivity index is 1.78. The van der Waals surface area contributed by atoms with Crippen molar-refractivity contribution in [2.45, 2.75) is 53.9 Å². The van der Waals surface area contributed by atoms with Gasteiger partial charge in [0.2, 0.25) is 0 Å². The van der Waals surface area contributed by atoms with Gasteiger partial charge < -0.3 is 16.0 Å². The fraction of sp³-hybridized carbons (Fsp3) is 0.387. The van der Waals surface area contributed by atoms with Crippen LogP contribution in [0.15, 0.2) is 58.8 Å². The van der Waals surface area contributed by atoms with Crippen LogP contribution in [0.3, 0.4) is 0 Å². The van der Waals surface area contributed by atoms with Crippen molar-refractivity contribution in [1.29, 1.82) is 0 Å². The number of nitrogens with one attached hydrogen (secondary N) is 3. The minimum absolute atomic E-state index is 0.0575. The first kappa shape index (κ1) is 29.9. The maximum atomic E-state index is 14.4. The number of piperidine rings is 1. The Kier molecular flexibility index (Phi) is 11.1. The molecule has 3 rings (SSSR count). The van der Waals surface area contributed by atoms with Crippen LogP contribution in [0, 0.1) is 24.5 Å². The standard InChI is InChI=1S/C31H39F2N5O/c1-6-14-35-30(22(5)36-18-21(4)26-10-8-20(3)28(32)29(26)33)38-25-9-11-27(24(7-2)17-25)31(39)37-19-23-12-15-34-16-13-23/h6,8-11,14,17-18,23,34H,7,12-13,15-16,19H2,1-5H3,(H,35,38)(H,37,39)/b14-6-,21-18+,36-22?. The SMILES string of the molecule is C/C=C\N=C(Nc1ccc(C(=O)NCC2CCNCC2)c(CC)c1)C(C)=N/C=C(\C)c1ccc(C)c(F)c1F. The number of nitrogens with zero attached hydrogens (tertiary/aromatic N) is 2. The van der Waals surface area contributed by atoms with Crippen molar-refractivity contribution < 1.29 is 13.6 Å². The molecule has 0 atom stereocenters. The third kappa shape index (κ3) is 8.17. The van der Waals surface area contributed by atoms with Crippen LogP contribution in [-0.2, 0) is 6.42 Å². The molecule has 0 radical (unpaired) electrons. The van der Waals surface area contributed by atoms with E-state index in [2.05, 4.69) is 25.9 Å². The summed E-state index contributed by atoms with van der Waals surface area (Å²) in [5.74, 6) is -0.790. The largest absolute Gasteiger partial charge is 0.352 e. The Bertz CT molecular complexity index is 1290. The molecule has 2 aromatic rings. The fourth-order valence-corrected chi connectivity index (χ4v) is 4.38. The van der Waals surface area contributed by atoms with Crippen LogP contribution < -0.4 is 16.0 Å². The minimum atomic E-state index is -0.885. The number of hydrogen-bond acceptors (Lipinski definition) is 4. The molecule has 1 aliphatic rings. The number of hydrogen-bond donors (Lipinski definition) is 3. The summed E-state index contributed by atoms with van der Waals surface area (Å²) in [5, 5.41) is 9.75. The average molecular weight is 536 g/mol. The number of rotatable bonds is 9. The Morgan fingerprint density at radius 1 is 1.08 bits per heavy atom. The molecule has 0 spiro atoms. The Morgan fingerprint density at radius 2 is 1.79 bits per heavy atom. The van der Waals surface area contributed by atoms with Crippen LogP contribution in [0.5, 0.6) is 0 Å². The molecule has 0 saturated carbocycles. The van der Waals surface area contributed by atoms with Crippen molar-refractivity contribution in [3.05, 3.63) is 82.7 Å². The van der Waals surface area contributed by atoms with E-state index in [-0.39, 0.29) is 17.0 Å². The van der Waals surface area contributed by atoms with Crippen LogP contribution in [0.4, 0.5) is 14.5 Å². The van der Waals surface area contributed by atoms with E-state index in [1.165, 1.54) is 13.1 Å². The fourth-order valence-electron chi connectivity index (χ4n) is 4.38. The molecule has 1 heterocycles. The molecule has 1 amide bonds. The summed E-state index contributed by atoms with van der Waals surface area (Å²) in [4.78, 5) is 21.9. The van der Waals surface area contributed by atoms with E-state index in [0.29, 0.717) is 41.6 Å². The van der Waals surface area contributed by atoms with E-state index in [1.54, 1.807) is 38.3 Å². The number of amides is 1. The lowest BCUT2D eigenvalue weighted by molar-refractivity contribution is 0.0943. The molecule has 0 unspecified atom stereocenters. The van der Waals surface area contributed by atoms with Gasteiger partial charge in [-0.1, -0.05) is 25.1 Å². The summed E-state index contributed by atoms with van der Waals surface area (Å²) in [6.07, 6.45) is 7.79. The Labute approximate surface area is 230 Å². The zero-order valence-electron chi connectivity index (χ0n) is 23.5. The molecule has 6 nitrogen and oxygen atoms in total. The van der Waals surface area contributed by atoms with Gasteiger partial charge >= 0.3 is 0 Å². The first-order valence-electron chi connectivity index (χ1n) is 13.5. The maximum absolute atomic E-state index is 14.4. The highest BCUT2D eigenvalue weighted by molar-refractivity contribution is 6.45. The monoisotopic (exact) mass is 535 g/mol. The van der Waals surface area contributed by atoms with Gasteiger partial charge in [-0.2, -0.15) is 0 Å². The zero-order valence-corrected chi connectivity index (χ0v) is 23.5. The molecule has 1 aliphatic heterocycles. The van der Waals surface area contributed by atoms with Crippen molar-refractivity contribution in [2.75, 3.05) is 25.0 Å². The summed E-state index contributed by atoms with van der Waals surface area (Å²) in [7, 11) is 0. The number of allylic oxidation sites excluding steroid dienone is 2. The number of amidine groups is 1. The predicted octanol–water partition coefficient (Wildman–Crippen LogP) is 6.43. The molecular formula is C31H39F2N5O. The number of halogens is 2. The molecule has 0 aliphatic carbocycles. The van der Waals surface area contributed by atoms with E-state index in [1.807, 2.05) is 32.0 Å². The number of benzene rings is 2. The lowest BCUT2D eigenvalue weighted by Gasteiger charge is -2.23. The minimum Gasteiger partial charge on any atom is -0.352 e. The van der Waals surface area contributed by atoms with Gasteiger partial charge in [0.15, 0.2) is 17.5 Å². The van der Waals surface area contributed by atoms with E-state index in [4.69, 9.17) is 0 Å². The van der Waals surface area contributed by atoms with Gasteiger partial charge in [0, 0.05) is 35.8 Å². The predicted molar refractivity (Wildman–Crippen MR) is 157 cm³/mol. The van der Waals surface area contributed by atoms with Crippen molar-refractivity contribution >= 4 is 28.7 Å². The first-order chi connectivity index (χ1) is 18.7. The van der Waals surface area contributed by atoms with Crippen molar-refractivity contribution in [3.63, 3.8) is 0 Å². The number of aryl methyl sites for hydroxylation is 2. The van der Waals surface area contributed by atoms with Crippen LogP contribution >= 0.6 is 0 Å². The van der Waals surface area contributed by atoms with E-state index < -0.39 is 11.6 Å². The third-order valence-electron chi connectivity index (χ3n) is 6.85. The van der Waals surface area contributed by atoms with Crippen molar-refractivity contribution in [2.24, 2.45) is 15.9 Å². The third-order valence-corrected chi connectivity index (χ3v) is 6.85. The zero-order chi connectivity index (χ0) is 28.4. The van der Waals surface area contributed by atoms with Crippen LogP contribution in [0.25, 0.3) is 5.57 Å². The molecule has 1 saturated heterocycles. The van der Waals surface area contributed by atoms with Gasteiger partial charge in [0.05, 0.1) is 5.71 Å². The topological polar surface area (TPSA) is 77.9 Å². The van der Waals surface area contributed by atoms with Crippen LogP contribution in [-0.4, -0.2) is 37.1 Å². The molecular weight excluding hydrogens is 496 g/mol.